The molecule has 0 aromatic carbocycles. The first-order valence-electron chi connectivity index (χ1n) is 5.88. The van der Waals surface area contributed by atoms with Crippen molar-refractivity contribution in [1.82, 2.24) is 5.32 Å². The topological polar surface area (TPSA) is 95.5 Å². The Morgan fingerprint density at radius 1 is 1.53 bits per heavy atom. The highest BCUT2D eigenvalue weighted by Gasteiger charge is 2.25. The van der Waals surface area contributed by atoms with Gasteiger partial charge >= 0.3 is 5.97 Å². The average molecular weight is 282 g/mol. The third-order valence-electron chi connectivity index (χ3n) is 2.99. The summed E-state index contributed by atoms with van der Waals surface area (Å²) in [6.07, 6.45) is 0.871. The number of anilines is 1. The van der Waals surface area contributed by atoms with Gasteiger partial charge in [-0.2, -0.15) is 0 Å². The summed E-state index contributed by atoms with van der Waals surface area (Å²) < 4.78 is 0. The maximum Gasteiger partial charge on any atom is 0.346 e. The smallest absolute Gasteiger partial charge is 0.346 e. The van der Waals surface area contributed by atoms with Crippen LogP contribution in [0.2, 0.25) is 0 Å². The molecule has 2 heterocycles. The van der Waals surface area contributed by atoms with Gasteiger partial charge in [0.05, 0.1) is 10.9 Å². The first-order valence-corrected chi connectivity index (χ1v) is 6.70. The van der Waals surface area contributed by atoms with Crippen LogP contribution in [0.25, 0.3) is 0 Å². The number of aryl methyl sites for hydroxylation is 1. The molecule has 1 aliphatic heterocycles. The number of amides is 2. The zero-order valence-corrected chi connectivity index (χ0v) is 11.2. The number of hydrogen-bond donors (Lipinski definition) is 3. The van der Waals surface area contributed by atoms with Gasteiger partial charge in [0.15, 0.2) is 0 Å². The molecule has 1 aromatic rings. The standard InChI is InChI=1S/C12H14N2O4S/c1-6-4-9(19-10(6)12(17)18)14-11(16)7-2-3-8(15)13-5-7/h4,7H,2-3,5H2,1H3,(H,13,15)(H,14,16)(H,17,18). The number of carbonyl (C=O) groups is 3. The summed E-state index contributed by atoms with van der Waals surface area (Å²) in [7, 11) is 0. The van der Waals surface area contributed by atoms with Gasteiger partial charge in [-0.05, 0) is 25.0 Å². The lowest BCUT2D eigenvalue weighted by Gasteiger charge is -2.21. The number of carboxylic acid groups (broad SMARTS) is 1. The van der Waals surface area contributed by atoms with Crippen LogP contribution in [0.15, 0.2) is 6.07 Å². The molecule has 1 saturated heterocycles. The molecule has 1 fully saturated rings. The molecule has 0 bridgehead atoms. The highest BCUT2D eigenvalue weighted by Crippen LogP contribution is 2.27. The Bertz CT molecular complexity index is 528. The molecule has 19 heavy (non-hydrogen) atoms. The van der Waals surface area contributed by atoms with E-state index in [-0.39, 0.29) is 22.6 Å². The molecule has 3 N–H and O–H groups in total. The Morgan fingerprint density at radius 2 is 2.26 bits per heavy atom. The van der Waals surface area contributed by atoms with Gasteiger partial charge in [-0.1, -0.05) is 0 Å². The van der Waals surface area contributed by atoms with E-state index in [9.17, 15) is 14.4 Å². The molecule has 6 nitrogen and oxygen atoms in total. The number of hydrogen-bond acceptors (Lipinski definition) is 4. The molecule has 1 unspecified atom stereocenters. The van der Waals surface area contributed by atoms with Crippen LogP contribution in [0.1, 0.15) is 28.1 Å². The van der Waals surface area contributed by atoms with Crippen LogP contribution in [0.3, 0.4) is 0 Å². The lowest BCUT2D eigenvalue weighted by Crippen LogP contribution is -2.40. The molecule has 1 aromatic heterocycles. The van der Waals surface area contributed by atoms with Crippen molar-refractivity contribution >= 4 is 34.1 Å². The van der Waals surface area contributed by atoms with Crippen molar-refractivity contribution < 1.29 is 19.5 Å². The van der Waals surface area contributed by atoms with Crippen LogP contribution in [-0.4, -0.2) is 29.4 Å². The predicted octanol–water partition coefficient (Wildman–Crippen LogP) is 1.22. The quantitative estimate of drug-likeness (QED) is 0.776. The van der Waals surface area contributed by atoms with Crippen molar-refractivity contribution in [2.75, 3.05) is 11.9 Å². The number of carbonyl (C=O) groups excluding carboxylic acids is 2. The molecular weight excluding hydrogens is 268 g/mol. The summed E-state index contributed by atoms with van der Waals surface area (Å²) in [5, 5.41) is 14.8. The second-order valence-corrected chi connectivity index (χ2v) is 5.51. The van der Waals surface area contributed by atoms with E-state index in [1.807, 2.05) is 0 Å². The third kappa shape index (κ3) is 3.11. The fourth-order valence-corrected chi connectivity index (χ4v) is 2.85. The van der Waals surface area contributed by atoms with Gasteiger partial charge in [-0.3, -0.25) is 9.59 Å². The summed E-state index contributed by atoms with van der Waals surface area (Å²) in [6.45, 7) is 2.03. The van der Waals surface area contributed by atoms with Crippen molar-refractivity contribution in [3.8, 4) is 0 Å². The van der Waals surface area contributed by atoms with E-state index >= 15 is 0 Å². The molecule has 2 amide bonds. The van der Waals surface area contributed by atoms with Crippen molar-refractivity contribution in [2.45, 2.75) is 19.8 Å². The second-order valence-electron chi connectivity index (χ2n) is 4.46. The zero-order valence-electron chi connectivity index (χ0n) is 10.4. The predicted molar refractivity (Wildman–Crippen MR) is 70.4 cm³/mol. The molecule has 1 atom stereocenters. The number of thiophene rings is 1. The van der Waals surface area contributed by atoms with Crippen LogP contribution in [-0.2, 0) is 9.59 Å². The maximum absolute atomic E-state index is 12.0. The monoisotopic (exact) mass is 282 g/mol. The minimum atomic E-state index is -0.993. The minimum Gasteiger partial charge on any atom is -0.477 e. The van der Waals surface area contributed by atoms with Gasteiger partial charge in [-0.15, -0.1) is 11.3 Å². The highest BCUT2D eigenvalue weighted by atomic mass is 32.1. The van der Waals surface area contributed by atoms with Gasteiger partial charge < -0.3 is 15.7 Å². The molecule has 0 aliphatic carbocycles. The summed E-state index contributed by atoms with van der Waals surface area (Å²) >= 11 is 1.04. The second kappa shape index (κ2) is 5.40. The normalized spacial score (nSPS) is 18.8. The van der Waals surface area contributed by atoms with E-state index in [2.05, 4.69) is 10.6 Å². The number of carboxylic acids is 1. The SMILES string of the molecule is Cc1cc(NC(=O)C2CCC(=O)NC2)sc1C(=O)O. The fraction of sp³-hybridized carbons (Fsp3) is 0.417. The Morgan fingerprint density at radius 3 is 2.79 bits per heavy atom. The number of nitrogens with one attached hydrogen (secondary N) is 2. The Labute approximate surface area is 113 Å². The molecule has 0 radical (unpaired) electrons. The average Bonchev–Trinajstić information content (AvgIpc) is 2.71. The lowest BCUT2D eigenvalue weighted by atomic mass is 9.98. The van der Waals surface area contributed by atoms with Gasteiger partial charge in [0.25, 0.3) is 0 Å². The van der Waals surface area contributed by atoms with Crippen LogP contribution < -0.4 is 10.6 Å². The van der Waals surface area contributed by atoms with Crippen LogP contribution in [0.4, 0.5) is 5.00 Å². The molecule has 102 valence electrons. The Hall–Kier alpha value is -1.89. The molecule has 7 heteroatoms. The van der Waals surface area contributed by atoms with E-state index in [0.29, 0.717) is 30.0 Å². The van der Waals surface area contributed by atoms with E-state index in [1.165, 1.54) is 0 Å². The number of rotatable bonds is 3. The molecule has 0 spiro atoms. The van der Waals surface area contributed by atoms with Gasteiger partial charge in [0.1, 0.15) is 4.88 Å². The Balaban J connectivity index is 2.01. The minimum absolute atomic E-state index is 0.0378. The molecule has 2 rings (SSSR count). The largest absolute Gasteiger partial charge is 0.477 e. The molecular formula is C12H14N2O4S. The summed E-state index contributed by atoms with van der Waals surface area (Å²) in [4.78, 5) is 34.1. The summed E-state index contributed by atoms with van der Waals surface area (Å²) in [5.41, 5.74) is 0.629. The van der Waals surface area contributed by atoms with Crippen molar-refractivity contribution in [2.24, 2.45) is 5.92 Å². The summed E-state index contributed by atoms with van der Waals surface area (Å²) in [6, 6.07) is 1.65. The van der Waals surface area contributed by atoms with Crippen molar-refractivity contribution in [3.05, 3.63) is 16.5 Å². The number of piperidine rings is 1. The van der Waals surface area contributed by atoms with E-state index < -0.39 is 5.97 Å². The highest BCUT2D eigenvalue weighted by molar-refractivity contribution is 7.18. The van der Waals surface area contributed by atoms with Crippen LogP contribution in [0.5, 0.6) is 0 Å². The van der Waals surface area contributed by atoms with Crippen molar-refractivity contribution in [3.63, 3.8) is 0 Å². The van der Waals surface area contributed by atoms with E-state index in [0.717, 1.165) is 11.3 Å². The lowest BCUT2D eigenvalue weighted by molar-refractivity contribution is -0.126. The van der Waals surface area contributed by atoms with E-state index in [1.54, 1.807) is 13.0 Å². The molecule has 0 saturated carbocycles. The van der Waals surface area contributed by atoms with Gasteiger partial charge in [0.2, 0.25) is 11.8 Å². The van der Waals surface area contributed by atoms with E-state index in [4.69, 9.17) is 5.11 Å². The van der Waals surface area contributed by atoms with Gasteiger partial charge in [-0.25, -0.2) is 4.79 Å². The zero-order chi connectivity index (χ0) is 14.0. The van der Waals surface area contributed by atoms with Crippen LogP contribution in [0, 0.1) is 12.8 Å². The first-order chi connectivity index (χ1) is 8.97. The number of aromatic carboxylic acids is 1. The van der Waals surface area contributed by atoms with Crippen LogP contribution >= 0.6 is 11.3 Å². The third-order valence-corrected chi connectivity index (χ3v) is 4.14. The maximum atomic E-state index is 12.0. The van der Waals surface area contributed by atoms with Crippen molar-refractivity contribution in [1.29, 1.82) is 0 Å². The van der Waals surface area contributed by atoms with Gasteiger partial charge in [0, 0.05) is 13.0 Å². The fourth-order valence-electron chi connectivity index (χ4n) is 1.94. The summed E-state index contributed by atoms with van der Waals surface area (Å²) in [5.74, 6) is -1.47. The first kappa shape index (κ1) is 13.5. The Kier molecular flexibility index (Phi) is 3.84. The molecule has 1 aliphatic rings.